The Labute approximate surface area is 130 Å². The number of carbonyl (C=O) groups is 1. The summed E-state index contributed by atoms with van der Waals surface area (Å²) < 4.78 is 44.3. The minimum Gasteiger partial charge on any atom is -0.489 e. The topological polar surface area (TPSA) is 26.3 Å². The molecule has 0 aromatic heterocycles. The zero-order valence-electron chi connectivity index (χ0n) is 11.6. The Hall–Kier alpha value is -2.01. The Kier molecular flexibility index (Phi) is 4.76. The van der Waals surface area contributed by atoms with E-state index in [1.807, 2.05) is 0 Å². The van der Waals surface area contributed by atoms with E-state index in [4.69, 9.17) is 16.3 Å². The molecule has 2 aromatic carbocycles. The second-order valence-electron chi connectivity index (χ2n) is 4.68. The molecule has 116 valence electrons. The quantitative estimate of drug-likeness (QED) is 0.726. The smallest absolute Gasteiger partial charge is 0.417 e. The fraction of sp³-hybridized carbons (Fsp3) is 0.188. The molecule has 0 heterocycles. The van der Waals surface area contributed by atoms with Gasteiger partial charge in [0, 0.05) is 10.6 Å². The average molecular weight is 329 g/mol. The largest absolute Gasteiger partial charge is 0.489 e. The van der Waals surface area contributed by atoms with Gasteiger partial charge in [-0.25, -0.2) is 0 Å². The van der Waals surface area contributed by atoms with Crippen LogP contribution in [0.25, 0.3) is 0 Å². The maximum Gasteiger partial charge on any atom is 0.417 e. The van der Waals surface area contributed by atoms with Gasteiger partial charge in [0.05, 0.1) is 5.56 Å². The molecule has 0 saturated carbocycles. The van der Waals surface area contributed by atoms with E-state index in [0.717, 1.165) is 24.6 Å². The SMILES string of the molecule is CC(=O)c1ccc(OCc2ccc(Cl)cc2)cc1C(F)(F)F. The standard InChI is InChI=1S/C16H12ClF3O2/c1-10(21)14-7-6-13(8-15(14)16(18,19)20)22-9-11-2-4-12(17)5-3-11/h2-8H,9H2,1H3. The van der Waals surface area contributed by atoms with E-state index < -0.39 is 17.5 Å². The van der Waals surface area contributed by atoms with Crippen molar-refractivity contribution in [1.82, 2.24) is 0 Å². The first-order chi connectivity index (χ1) is 10.3. The van der Waals surface area contributed by atoms with Gasteiger partial charge >= 0.3 is 6.18 Å². The van der Waals surface area contributed by atoms with Gasteiger partial charge in [-0.2, -0.15) is 13.2 Å². The van der Waals surface area contributed by atoms with Crippen molar-refractivity contribution < 1.29 is 22.7 Å². The van der Waals surface area contributed by atoms with Gasteiger partial charge in [-0.1, -0.05) is 23.7 Å². The van der Waals surface area contributed by atoms with Crippen LogP contribution in [-0.2, 0) is 12.8 Å². The summed E-state index contributed by atoms with van der Waals surface area (Å²) in [7, 11) is 0. The Balaban J connectivity index is 2.21. The van der Waals surface area contributed by atoms with Crippen LogP contribution in [0.1, 0.15) is 28.4 Å². The molecular weight excluding hydrogens is 317 g/mol. The Bertz CT molecular complexity index is 679. The van der Waals surface area contributed by atoms with Crippen LogP contribution >= 0.6 is 11.6 Å². The van der Waals surface area contributed by atoms with Crippen LogP contribution in [0.4, 0.5) is 13.2 Å². The van der Waals surface area contributed by atoms with E-state index in [2.05, 4.69) is 0 Å². The van der Waals surface area contributed by atoms with Gasteiger partial charge < -0.3 is 4.74 Å². The van der Waals surface area contributed by atoms with Crippen LogP contribution in [0.2, 0.25) is 5.02 Å². The second kappa shape index (κ2) is 6.40. The van der Waals surface area contributed by atoms with Crippen molar-refractivity contribution in [2.75, 3.05) is 0 Å². The predicted molar refractivity (Wildman–Crippen MR) is 77.2 cm³/mol. The van der Waals surface area contributed by atoms with Crippen molar-refractivity contribution in [3.05, 3.63) is 64.2 Å². The van der Waals surface area contributed by atoms with Crippen LogP contribution in [0.15, 0.2) is 42.5 Å². The third kappa shape index (κ3) is 4.01. The molecule has 0 radical (unpaired) electrons. The van der Waals surface area contributed by atoms with Crippen molar-refractivity contribution >= 4 is 17.4 Å². The molecule has 0 bridgehead atoms. The van der Waals surface area contributed by atoms with Crippen LogP contribution in [-0.4, -0.2) is 5.78 Å². The first-order valence-electron chi connectivity index (χ1n) is 6.37. The van der Waals surface area contributed by atoms with E-state index in [1.165, 1.54) is 6.07 Å². The Morgan fingerprint density at radius 1 is 1.14 bits per heavy atom. The van der Waals surface area contributed by atoms with Crippen molar-refractivity contribution in [1.29, 1.82) is 0 Å². The third-order valence-corrected chi connectivity index (χ3v) is 3.25. The first kappa shape index (κ1) is 16.4. The molecule has 0 amide bonds. The molecule has 0 fully saturated rings. The van der Waals surface area contributed by atoms with Crippen LogP contribution in [0.3, 0.4) is 0 Å². The lowest BCUT2D eigenvalue weighted by molar-refractivity contribution is -0.138. The molecule has 2 nitrogen and oxygen atoms in total. The summed E-state index contributed by atoms with van der Waals surface area (Å²) in [5, 5.41) is 0.564. The van der Waals surface area contributed by atoms with Gasteiger partial charge in [-0.15, -0.1) is 0 Å². The molecule has 0 atom stereocenters. The van der Waals surface area contributed by atoms with Gasteiger partial charge in [-0.05, 0) is 42.8 Å². The molecule has 0 N–H and O–H groups in total. The normalized spacial score (nSPS) is 11.3. The van der Waals surface area contributed by atoms with Crippen molar-refractivity contribution in [3.63, 3.8) is 0 Å². The maximum atomic E-state index is 13.0. The van der Waals surface area contributed by atoms with Crippen molar-refractivity contribution in [2.45, 2.75) is 19.7 Å². The molecule has 0 saturated heterocycles. The number of ether oxygens (including phenoxy) is 1. The summed E-state index contributed by atoms with van der Waals surface area (Å²) in [5.74, 6) is -0.594. The highest BCUT2D eigenvalue weighted by atomic mass is 35.5. The fourth-order valence-corrected chi connectivity index (χ4v) is 2.03. The van der Waals surface area contributed by atoms with Gasteiger partial charge in [0.2, 0.25) is 0 Å². The molecule has 0 spiro atoms. The van der Waals surface area contributed by atoms with E-state index in [0.29, 0.717) is 5.02 Å². The molecule has 0 aliphatic rings. The Morgan fingerprint density at radius 2 is 1.77 bits per heavy atom. The summed E-state index contributed by atoms with van der Waals surface area (Å²) >= 11 is 5.75. The molecular formula is C16H12ClF3O2. The van der Waals surface area contributed by atoms with Crippen molar-refractivity contribution in [2.24, 2.45) is 0 Å². The monoisotopic (exact) mass is 328 g/mol. The Morgan fingerprint density at radius 3 is 2.32 bits per heavy atom. The van der Waals surface area contributed by atoms with Crippen LogP contribution < -0.4 is 4.74 Å². The van der Waals surface area contributed by atoms with E-state index >= 15 is 0 Å². The number of ketones is 1. The number of hydrogen-bond acceptors (Lipinski definition) is 2. The minimum atomic E-state index is -4.61. The highest BCUT2D eigenvalue weighted by Crippen LogP contribution is 2.34. The molecule has 0 aliphatic carbocycles. The third-order valence-electron chi connectivity index (χ3n) is 2.99. The molecule has 0 aliphatic heterocycles. The highest BCUT2D eigenvalue weighted by Gasteiger charge is 2.34. The summed E-state index contributed by atoms with van der Waals surface area (Å²) in [6, 6.07) is 10.1. The van der Waals surface area contributed by atoms with Gasteiger partial charge in [0.25, 0.3) is 0 Å². The van der Waals surface area contributed by atoms with Crippen molar-refractivity contribution in [3.8, 4) is 5.75 Å². The maximum absolute atomic E-state index is 13.0. The van der Waals surface area contributed by atoms with E-state index in [-0.39, 0.29) is 17.9 Å². The minimum absolute atomic E-state index is 0.0484. The number of benzene rings is 2. The summed E-state index contributed by atoms with van der Waals surface area (Å²) in [4.78, 5) is 11.3. The molecule has 0 unspecified atom stereocenters. The van der Waals surface area contributed by atoms with Gasteiger partial charge in [0.15, 0.2) is 5.78 Å². The van der Waals surface area contributed by atoms with Gasteiger partial charge in [-0.3, -0.25) is 4.79 Å². The highest BCUT2D eigenvalue weighted by molar-refractivity contribution is 6.30. The second-order valence-corrected chi connectivity index (χ2v) is 5.11. The fourth-order valence-electron chi connectivity index (χ4n) is 1.90. The summed E-state index contributed by atoms with van der Waals surface area (Å²) in [6.45, 7) is 1.20. The molecule has 2 aromatic rings. The average Bonchev–Trinajstić information content (AvgIpc) is 2.45. The first-order valence-corrected chi connectivity index (χ1v) is 6.74. The summed E-state index contributed by atoms with van der Waals surface area (Å²) in [6.07, 6.45) is -4.61. The zero-order valence-corrected chi connectivity index (χ0v) is 12.3. The molecule has 22 heavy (non-hydrogen) atoms. The molecule has 6 heteroatoms. The zero-order chi connectivity index (χ0) is 16.3. The molecule has 2 rings (SSSR count). The number of Topliss-reactive ketones (excluding diaryl/α,β-unsaturated/α-hetero) is 1. The lowest BCUT2D eigenvalue weighted by Crippen LogP contribution is -2.12. The van der Waals surface area contributed by atoms with Crippen LogP contribution in [0, 0.1) is 0 Å². The lowest BCUT2D eigenvalue weighted by Gasteiger charge is -2.13. The lowest BCUT2D eigenvalue weighted by atomic mass is 10.0. The number of halogens is 4. The number of hydrogen-bond donors (Lipinski definition) is 0. The van der Waals surface area contributed by atoms with E-state index in [1.54, 1.807) is 24.3 Å². The van der Waals surface area contributed by atoms with E-state index in [9.17, 15) is 18.0 Å². The number of rotatable bonds is 4. The van der Waals surface area contributed by atoms with Gasteiger partial charge in [0.1, 0.15) is 12.4 Å². The predicted octanol–water partition coefficient (Wildman–Crippen LogP) is 5.14. The van der Waals surface area contributed by atoms with Crippen LogP contribution in [0.5, 0.6) is 5.75 Å². The summed E-state index contributed by atoms with van der Waals surface area (Å²) in [5.41, 5.74) is -0.589. The number of carbonyl (C=O) groups excluding carboxylic acids is 1. The number of alkyl halides is 3.